The van der Waals surface area contributed by atoms with Gasteiger partial charge in [0.15, 0.2) is 0 Å². The van der Waals surface area contributed by atoms with Crippen molar-refractivity contribution in [3.63, 3.8) is 0 Å². The first-order chi connectivity index (χ1) is 4.29. The van der Waals surface area contributed by atoms with Gasteiger partial charge in [0, 0.05) is 0 Å². The smallest absolute Gasteiger partial charge is 0.409 e. The molecular formula is C6H15BO2. The SMILES string of the molecule is CB1OCC(C)O1.CC. The van der Waals surface area contributed by atoms with E-state index in [0.29, 0.717) is 6.10 Å². The predicted molar refractivity (Wildman–Crippen MR) is 39.5 cm³/mol. The molecule has 9 heavy (non-hydrogen) atoms. The highest BCUT2D eigenvalue weighted by Gasteiger charge is 2.22. The third-order valence-electron chi connectivity index (χ3n) is 0.990. The highest BCUT2D eigenvalue weighted by molar-refractivity contribution is 6.43. The fourth-order valence-corrected chi connectivity index (χ4v) is 0.677. The van der Waals surface area contributed by atoms with E-state index in [2.05, 4.69) is 0 Å². The van der Waals surface area contributed by atoms with Gasteiger partial charge in [-0.05, 0) is 13.7 Å². The summed E-state index contributed by atoms with van der Waals surface area (Å²) >= 11 is 0. The van der Waals surface area contributed by atoms with Crippen LogP contribution in [0.1, 0.15) is 20.8 Å². The second-order valence-corrected chi connectivity index (χ2v) is 1.85. The van der Waals surface area contributed by atoms with E-state index in [1.165, 1.54) is 0 Å². The topological polar surface area (TPSA) is 18.5 Å². The first-order valence-electron chi connectivity index (χ1n) is 3.56. The summed E-state index contributed by atoms with van der Waals surface area (Å²) in [5, 5.41) is 0. The molecule has 0 spiro atoms. The zero-order valence-electron chi connectivity index (χ0n) is 6.68. The monoisotopic (exact) mass is 130 g/mol. The summed E-state index contributed by atoms with van der Waals surface area (Å²) in [5.41, 5.74) is 0. The van der Waals surface area contributed by atoms with Gasteiger partial charge in [-0.25, -0.2) is 0 Å². The third-order valence-corrected chi connectivity index (χ3v) is 0.990. The molecule has 1 rings (SSSR count). The first kappa shape index (κ1) is 8.98. The molecule has 1 unspecified atom stereocenters. The standard InChI is InChI=1S/C4H9BO2.C2H6/c1-4-3-6-5(2)7-4;1-2/h4H,3H2,1-2H3;1-2H3. The molecule has 0 radical (unpaired) electrons. The Balaban J connectivity index is 0.000000291. The van der Waals surface area contributed by atoms with E-state index in [0.717, 1.165) is 6.61 Å². The Kier molecular flexibility index (Phi) is 4.82. The molecule has 1 aliphatic heterocycles. The Morgan fingerprint density at radius 2 is 2.00 bits per heavy atom. The Labute approximate surface area is 57.7 Å². The van der Waals surface area contributed by atoms with Crippen LogP contribution in [-0.4, -0.2) is 19.8 Å². The van der Waals surface area contributed by atoms with Gasteiger partial charge < -0.3 is 9.31 Å². The molecule has 1 aliphatic rings. The summed E-state index contributed by atoms with van der Waals surface area (Å²) in [5.74, 6) is 0. The second kappa shape index (κ2) is 4.83. The molecular weight excluding hydrogens is 115 g/mol. The van der Waals surface area contributed by atoms with Crippen molar-refractivity contribution in [1.29, 1.82) is 0 Å². The van der Waals surface area contributed by atoms with Crippen molar-refractivity contribution < 1.29 is 9.31 Å². The van der Waals surface area contributed by atoms with Crippen LogP contribution in [0.3, 0.4) is 0 Å². The molecule has 0 aromatic heterocycles. The fraction of sp³-hybridized carbons (Fsp3) is 1.00. The normalized spacial score (nSPS) is 25.3. The summed E-state index contributed by atoms with van der Waals surface area (Å²) < 4.78 is 10.2. The molecule has 54 valence electrons. The minimum atomic E-state index is 0.0231. The molecule has 0 amide bonds. The van der Waals surface area contributed by atoms with Gasteiger partial charge in [0.1, 0.15) is 0 Å². The zero-order chi connectivity index (χ0) is 7.28. The fourth-order valence-electron chi connectivity index (χ4n) is 0.677. The maximum atomic E-state index is 5.14. The lowest BCUT2D eigenvalue weighted by atomic mass is 9.97. The van der Waals surface area contributed by atoms with Gasteiger partial charge in [-0.2, -0.15) is 0 Å². The number of hydrogen-bond acceptors (Lipinski definition) is 2. The van der Waals surface area contributed by atoms with Crippen LogP contribution in [0.5, 0.6) is 0 Å². The first-order valence-corrected chi connectivity index (χ1v) is 3.56. The van der Waals surface area contributed by atoms with Crippen LogP contribution in [0.25, 0.3) is 0 Å². The largest absolute Gasteiger partial charge is 0.453 e. The zero-order valence-corrected chi connectivity index (χ0v) is 6.68. The second-order valence-electron chi connectivity index (χ2n) is 1.85. The minimum absolute atomic E-state index is 0.0231. The lowest BCUT2D eigenvalue weighted by molar-refractivity contribution is 0.257. The molecule has 0 aliphatic carbocycles. The quantitative estimate of drug-likeness (QED) is 0.463. The van der Waals surface area contributed by atoms with Crippen LogP contribution in [0, 0.1) is 0 Å². The van der Waals surface area contributed by atoms with Gasteiger partial charge in [0.05, 0.1) is 12.7 Å². The Morgan fingerprint density at radius 3 is 2.11 bits per heavy atom. The number of hydrogen-bond donors (Lipinski definition) is 0. The molecule has 0 aromatic carbocycles. The van der Waals surface area contributed by atoms with Crippen molar-refractivity contribution in [3.8, 4) is 0 Å². The molecule has 1 fully saturated rings. The lowest BCUT2D eigenvalue weighted by Gasteiger charge is -1.95. The van der Waals surface area contributed by atoms with E-state index in [9.17, 15) is 0 Å². The summed E-state index contributed by atoms with van der Waals surface area (Å²) in [4.78, 5) is 0. The van der Waals surface area contributed by atoms with Crippen molar-refractivity contribution in [3.05, 3.63) is 0 Å². The van der Waals surface area contributed by atoms with Crippen LogP contribution in [0.4, 0.5) is 0 Å². The van der Waals surface area contributed by atoms with E-state index >= 15 is 0 Å². The molecule has 1 atom stereocenters. The van der Waals surface area contributed by atoms with Gasteiger partial charge >= 0.3 is 7.12 Å². The van der Waals surface area contributed by atoms with Gasteiger partial charge in [-0.15, -0.1) is 0 Å². The van der Waals surface area contributed by atoms with Crippen molar-refractivity contribution in [1.82, 2.24) is 0 Å². The highest BCUT2D eigenvalue weighted by Crippen LogP contribution is 2.05. The van der Waals surface area contributed by atoms with E-state index in [1.54, 1.807) is 0 Å². The van der Waals surface area contributed by atoms with Crippen LogP contribution in [0.15, 0.2) is 0 Å². The van der Waals surface area contributed by atoms with E-state index in [1.807, 2.05) is 27.6 Å². The average Bonchev–Trinajstić information content (AvgIpc) is 2.20. The Bertz CT molecular complexity index is 60.1. The van der Waals surface area contributed by atoms with Gasteiger partial charge in [0.2, 0.25) is 0 Å². The van der Waals surface area contributed by atoms with Crippen molar-refractivity contribution in [2.24, 2.45) is 0 Å². The maximum absolute atomic E-state index is 5.14. The maximum Gasteiger partial charge on any atom is 0.453 e. The van der Waals surface area contributed by atoms with E-state index in [4.69, 9.17) is 9.31 Å². The average molecular weight is 130 g/mol. The molecule has 3 heteroatoms. The van der Waals surface area contributed by atoms with Gasteiger partial charge in [-0.1, -0.05) is 13.8 Å². The molecule has 1 heterocycles. The third kappa shape index (κ3) is 3.54. The van der Waals surface area contributed by atoms with Crippen LogP contribution in [0.2, 0.25) is 6.82 Å². The molecule has 1 saturated heterocycles. The van der Waals surface area contributed by atoms with E-state index < -0.39 is 0 Å². The molecule has 0 bridgehead atoms. The predicted octanol–water partition coefficient (Wildman–Crippen LogP) is 1.57. The van der Waals surface area contributed by atoms with Gasteiger partial charge in [-0.3, -0.25) is 0 Å². The van der Waals surface area contributed by atoms with Crippen molar-refractivity contribution in [2.45, 2.75) is 33.7 Å². The Morgan fingerprint density at radius 1 is 1.44 bits per heavy atom. The number of rotatable bonds is 0. The van der Waals surface area contributed by atoms with Crippen molar-refractivity contribution >= 4 is 7.12 Å². The lowest BCUT2D eigenvalue weighted by Crippen LogP contribution is -2.08. The summed E-state index contributed by atoms with van der Waals surface area (Å²) in [6, 6.07) is 0. The molecule has 0 aromatic rings. The van der Waals surface area contributed by atoms with E-state index in [-0.39, 0.29) is 7.12 Å². The van der Waals surface area contributed by atoms with Crippen molar-refractivity contribution in [2.75, 3.05) is 6.61 Å². The van der Waals surface area contributed by atoms with Crippen LogP contribution >= 0.6 is 0 Å². The summed E-state index contributed by atoms with van der Waals surface area (Å²) in [7, 11) is 0.0231. The minimum Gasteiger partial charge on any atom is -0.409 e. The van der Waals surface area contributed by atoms with Gasteiger partial charge in [0.25, 0.3) is 0 Å². The molecule has 0 saturated carbocycles. The summed E-state index contributed by atoms with van der Waals surface area (Å²) in [6.45, 7) is 8.66. The van der Waals surface area contributed by atoms with Crippen LogP contribution < -0.4 is 0 Å². The summed E-state index contributed by atoms with van der Waals surface area (Å²) in [6.07, 6.45) is 0.301. The highest BCUT2D eigenvalue weighted by atomic mass is 16.6. The molecule has 0 N–H and O–H groups in total. The molecule has 2 nitrogen and oxygen atoms in total. The van der Waals surface area contributed by atoms with Crippen LogP contribution in [-0.2, 0) is 9.31 Å². The Hall–Kier alpha value is -0.0151.